The fraction of sp³-hybridized carbons (Fsp3) is 0.0189. The fourth-order valence-corrected chi connectivity index (χ4v) is 9.02. The monoisotopic (exact) mass is 711 g/mol. The third-order valence-electron chi connectivity index (χ3n) is 11.7. The summed E-state index contributed by atoms with van der Waals surface area (Å²) in [5.41, 5.74) is 13.4. The third kappa shape index (κ3) is 4.77. The van der Waals surface area contributed by atoms with Gasteiger partial charge in [-0.2, -0.15) is 0 Å². The van der Waals surface area contributed by atoms with E-state index in [9.17, 15) is 0 Å². The molecule has 3 heterocycles. The summed E-state index contributed by atoms with van der Waals surface area (Å²) < 4.78 is 2.51. The largest absolute Gasteiger partial charge is 0.308 e. The highest BCUT2D eigenvalue weighted by Gasteiger charge is 2.26. The smallest absolute Gasteiger partial charge is 0.160 e. The Hall–Kier alpha value is -7.36. The van der Waals surface area contributed by atoms with E-state index in [4.69, 9.17) is 9.97 Å². The summed E-state index contributed by atoms with van der Waals surface area (Å²) in [6.45, 7) is 0. The zero-order valence-corrected chi connectivity index (χ0v) is 30.4. The second-order valence-corrected chi connectivity index (χ2v) is 15.0. The van der Waals surface area contributed by atoms with Crippen LogP contribution in [-0.4, -0.2) is 14.5 Å². The standard InChI is InChI=1S/C53H33N3/c1-3-11-34(12-4-1)39-20-21-41-30-42(23-22-40(41)29-39)53-54-50(36-14-5-2-6-15-36)47-27-33-19-25-44-46-31-37-16-7-8-17-38(37)32-49(46)56(48(44)28-33)52-43-18-10-9-13-35(43)24-26-45(52)51(47)55-53/h1-26,28-32H,27H2. The first-order valence-corrected chi connectivity index (χ1v) is 19.3. The van der Waals surface area contributed by atoms with Gasteiger partial charge in [-0.1, -0.05) is 158 Å². The van der Waals surface area contributed by atoms with Gasteiger partial charge in [-0.15, -0.1) is 0 Å². The van der Waals surface area contributed by atoms with E-state index in [1.54, 1.807) is 0 Å². The van der Waals surface area contributed by atoms with Gasteiger partial charge in [0.1, 0.15) is 0 Å². The maximum Gasteiger partial charge on any atom is 0.160 e. The quantitative estimate of drug-likeness (QED) is 0.183. The number of benzene rings is 9. The Morgan fingerprint density at radius 2 is 0.982 bits per heavy atom. The van der Waals surface area contributed by atoms with Gasteiger partial charge in [0.15, 0.2) is 5.82 Å². The zero-order valence-electron chi connectivity index (χ0n) is 30.4. The molecule has 0 aliphatic carbocycles. The van der Waals surface area contributed by atoms with Gasteiger partial charge in [0, 0.05) is 44.8 Å². The third-order valence-corrected chi connectivity index (χ3v) is 11.7. The number of rotatable bonds is 3. The summed E-state index contributed by atoms with van der Waals surface area (Å²) in [5.74, 6) is 0.718. The van der Waals surface area contributed by atoms with Gasteiger partial charge in [-0.3, -0.25) is 0 Å². The minimum Gasteiger partial charge on any atom is -0.308 e. The van der Waals surface area contributed by atoms with Crippen molar-refractivity contribution in [2.45, 2.75) is 6.42 Å². The molecule has 0 N–H and O–H groups in total. The number of hydrogen-bond acceptors (Lipinski definition) is 2. The summed E-state index contributed by atoms with van der Waals surface area (Å²) in [6.07, 6.45) is 0.700. The minimum atomic E-state index is 0.700. The van der Waals surface area contributed by atoms with Crippen molar-refractivity contribution in [2.75, 3.05) is 0 Å². The van der Waals surface area contributed by atoms with Crippen LogP contribution in [0.1, 0.15) is 11.1 Å². The van der Waals surface area contributed by atoms with Crippen LogP contribution in [0.3, 0.4) is 0 Å². The van der Waals surface area contributed by atoms with Crippen molar-refractivity contribution in [3.8, 4) is 50.7 Å². The molecular weight excluding hydrogens is 679 g/mol. The molecule has 2 aromatic heterocycles. The number of fused-ring (bicyclic) bond motifs is 12. The van der Waals surface area contributed by atoms with Crippen LogP contribution in [0.2, 0.25) is 0 Å². The molecule has 56 heavy (non-hydrogen) atoms. The first kappa shape index (κ1) is 31.0. The van der Waals surface area contributed by atoms with Gasteiger partial charge in [0.2, 0.25) is 0 Å². The highest BCUT2D eigenvalue weighted by atomic mass is 15.0. The summed E-state index contributed by atoms with van der Waals surface area (Å²) in [5, 5.41) is 9.71. The lowest BCUT2D eigenvalue weighted by molar-refractivity contribution is 1.09. The van der Waals surface area contributed by atoms with Crippen molar-refractivity contribution >= 4 is 54.1 Å². The van der Waals surface area contributed by atoms with Crippen LogP contribution >= 0.6 is 0 Å². The molecule has 3 nitrogen and oxygen atoms in total. The molecule has 12 rings (SSSR count). The SMILES string of the molecule is c1ccc(-c2ccc3cc(-c4nc(-c5ccccc5)c5c(n4)-c4ccc6ccccc6c4-n4c6cc(ccc6c6cc7ccccc7cc64)C5)ccc3c2)cc1. The average molecular weight is 712 g/mol. The predicted molar refractivity (Wildman–Crippen MR) is 233 cm³/mol. The van der Waals surface area contributed by atoms with E-state index in [1.807, 2.05) is 0 Å². The molecule has 0 radical (unpaired) electrons. The maximum absolute atomic E-state index is 5.63. The van der Waals surface area contributed by atoms with E-state index in [2.05, 4.69) is 193 Å². The van der Waals surface area contributed by atoms with E-state index in [-0.39, 0.29) is 0 Å². The van der Waals surface area contributed by atoms with Crippen molar-refractivity contribution in [1.29, 1.82) is 0 Å². The summed E-state index contributed by atoms with van der Waals surface area (Å²) in [4.78, 5) is 11.1. The van der Waals surface area contributed by atoms with Crippen molar-refractivity contribution in [2.24, 2.45) is 0 Å². The van der Waals surface area contributed by atoms with Gasteiger partial charge in [0.05, 0.1) is 28.1 Å². The Morgan fingerprint density at radius 3 is 1.79 bits per heavy atom. The Balaban J connectivity index is 1.17. The van der Waals surface area contributed by atoms with Gasteiger partial charge in [-0.05, 0) is 74.0 Å². The van der Waals surface area contributed by atoms with Crippen molar-refractivity contribution in [3.05, 3.63) is 199 Å². The summed E-state index contributed by atoms with van der Waals surface area (Å²) in [6, 6.07) is 68.3. The molecule has 0 saturated heterocycles. The van der Waals surface area contributed by atoms with Crippen LogP contribution in [-0.2, 0) is 6.42 Å². The van der Waals surface area contributed by atoms with Gasteiger partial charge < -0.3 is 4.57 Å². The molecule has 0 spiro atoms. The van der Waals surface area contributed by atoms with Gasteiger partial charge in [-0.25, -0.2) is 9.97 Å². The van der Waals surface area contributed by atoms with E-state index < -0.39 is 0 Å². The lowest BCUT2D eigenvalue weighted by Crippen LogP contribution is -2.06. The fourth-order valence-electron chi connectivity index (χ4n) is 9.02. The Bertz CT molecular complexity index is 3380. The summed E-state index contributed by atoms with van der Waals surface area (Å²) in [7, 11) is 0. The molecule has 0 atom stereocenters. The highest BCUT2D eigenvalue weighted by molar-refractivity contribution is 6.16. The van der Waals surface area contributed by atoms with Crippen molar-refractivity contribution in [3.63, 3.8) is 0 Å². The van der Waals surface area contributed by atoms with Crippen LogP contribution in [0.5, 0.6) is 0 Å². The Morgan fingerprint density at radius 1 is 0.375 bits per heavy atom. The molecule has 1 aliphatic heterocycles. The second kappa shape index (κ2) is 12.1. The molecule has 260 valence electrons. The van der Waals surface area contributed by atoms with Gasteiger partial charge in [0.25, 0.3) is 0 Å². The lowest BCUT2D eigenvalue weighted by Gasteiger charge is -2.20. The molecule has 11 aromatic rings. The minimum absolute atomic E-state index is 0.700. The van der Waals surface area contributed by atoms with Crippen LogP contribution in [0.15, 0.2) is 188 Å². The second-order valence-electron chi connectivity index (χ2n) is 15.0. The molecule has 9 aromatic carbocycles. The Kier molecular flexibility index (Phi) is 6.69. The van der Waals surface area contributed by atoms with Crippen LogP contribution in [0.25, 0.3) is 105 Å². The van der Waals surface area contributed by atoms with Gasteiger partial charge >= 0.3 is 0 Å². The van der Waals surface area contributed by atoms with E-state index in [0.29, 0.717) is 6.42 Å². The number of hydrogen-bond donors (Lipinski definition) is 0. The van der Waals surface area contributed by atoms with Crippen LogP contribution in [0, 0.1) is 0 Å². The van der Waals surface area contributed by atoms with E-state index in [0.717, 1.165) is 50.5 Å². The van der Waals surface area contributed by atoms with Crippen LogP contribution < -0.4 is 0 Å². The molecule has 0 unspecified atom stereocenters. The molecule has 0 fully saturated rings. The topological polar surface area (TPSA) is 30.7 Å². The van der Waals surface area contributed by atoms with Crippen molar-refractivity contribution < 1.29 is 0 Å². The predicted octanol–water partition coefficient (Wildman–Crippen LogP) is 13.6. The molecule has 2 bridgehead atoms. The normalized spacial score (nSPS) is 12.2. The molecular formula is C53H33N3. The van der Waals surface area contributed by atoms with Crippen LogP contribution in [0.4, 0.5) is 0 Å². The van der Waals surface area contributed by atoms with Crippen molar-refractivity contribution in [1.82, 2.24) is 14.5 Å². The lowest BCUT2D eigenvalue weighted by atomic mass is 9.92. The maximum atomic E-state index is 5.63. The zero-order chi connectivity index (χ0) is 36.7. The first-order chi connectivity index (χ1) is 27.7. The average Bonchev–Trinajstić information content (AvgIpc) is 3.58. The first-order valence-electron chi connectivity index (χ1n) is 19.3. The number of nitrogens with zero attached hydrogens (tertiary/aromatic N) is 3. The molecule has 3 heteroatoms. The van der Waals surface area contributed by atoms with E-state index >= 15 is 0 Å². The number of aromatic nitrogens is 3. The molecule has 0 saturated carbocycles. The summed E-state index contributed by atoms with van der Waals surface area (Å²) >= 11 is 0. The molecule has 0 amide bonds. The highest BCUT2D eigenvalue weighted by Crippen LogP contribution is 2.45. The van der Waals surface area contributed by atoms with E-state index in [1.165, 1.54) is 65.4 Å². The Labute approximate surface area is 323 Å². The molecule has 1 aliphatic rings.